The summed E-state index contributed by atoms with van der Waals surface area (Å²) in [6.07, 6.45) is 18.7. The van der Waals surface area contributed by atoms with Crippen LogP contribution in [0.15, 0.2) is 48.5 Å². The molecule has 0 heterocycles. The van der Waals surface area contributed by atoms with Gasteiger partial charge in [-0.25, -0.2) is 4.79 Å². The summed E-state index contributed by atoms with van der Waals surface area (Å²) in [6, 6.07) is 16.8. The molecule has 5 aliphatic rings. The second kappa shape index (κ2) is 17.7. The van der Waals surface area contributed by atoms with Crippen molar-refractivity contribution in [1.29, 1.82) is 0 Å². The lowest BCUT2D eigenvalue weighted by Gasteiger charge is -2.61. The number of unbranched alkanes of at least 4 members (excludes halogenated alkanes) is 2. The minimum absolute atomic E-state index is 0.00501. The molecule has 0 aromatic heterocycles. The number of nitrogens with one attached hydrogen (secondary N) is 2. The third-order valence-corrected chi connectivity index (χ3v) is 16.1. The quantitative estimate of drug-likeness (QED) is 0.167. The number of ether oxygens (including phenoxy) is 2. The number of carbonyl (C=O) groups excluding carboxylic acids is 2. The van der Waals surface area contributed by atoms with Crippen molar-refractivity contribution in [3.05, 3.63) is 59.7 Å². The molecule has 2 amide bonds. The van der Waals surface area contributed by atoms with E-state index in [1.165, 1.54) is 86.5 Å². The average Bonchev–Trinajstić information content (AvgIpc) is 3.70. The minimum atomic E-state index is -0.370. The Labute approximate surface area is 333 Å². The molecule has 4 saturated carbocycles. The molecule has 4 fully saturated rings. The van der Waals surface area contributed by atoms with Crippen molar-refractivity contribution < 1.29 is 19.1 Å². The summed E-state index contributed by atoms with van der Waals surface area (Å²) >= 11 is 0. The summed E-state index contributed by atoms with van der Waals surface area (Å²) in [5.74, 6) is 6.12. The van der Waals surface area contributed by atoms with Crippen LogP contribution in [-0.4, -0.2) is 44.4 Å². The highest BCUT2D eigenvalue weighted by atomic mass is 16.5. The fourth-order valence-electron chi connectivity index (χ4n) is 13.1. The fraction of sp³-hybridized carbons (Fsp3) is 0.714. The van der Waals surface area contributed by atoms with Gasteiger partial charge in [-0.2, -0.15) is 0 Å². The first-order valence-electron chi connectivity index (χ1n) is 22.6. The topological polar surface area (TPSA) is 76.7 Å². The number of carbonyl (C=O) groups is 2. The number of hydrogen-bond donors (Lipinski definition) is 2. The molecule has 55 heavy (non-hydrogen) atoms. The van der Waals surface area contributed by atoms with E-state index < -0.39 is 0 Å². The van der Waals surface area contributed by atoms with E-state index in [0.29, 0.717) is 30.5 Å². The SMILES string of the molecule is CC(C)CCC[C@@H](C)C1CCC2C3CCC4CC(OCC(=O)NCCCCCNC(=O)OCC5c6ccccc6-c6ccccc65)CCC4(C)C3CCC21C. The van der Waals surface area contributed by atoms with E-state index >= 15 is 0 Å². The maximum absolute atomic E-state index is 12.7. The molecule has 0 saturated heterocycles. The highest BCUT2D eigenvalue weighted by molar-refractivity contribution is 5.79. The van der Waals surface area contributed by atoms with Gasteiger partial charge in [0.05, 0.1) is 6.10 Å². The van der Waals surface area contributed by atoms with Crippen LogP contribution in [0.4, 0.5) is 4.79 Å². The number of amides is 2. The number of alkyl carbamates (subject to hydrolysis) is 1. The maximum Gasteiger partial charge on any atom is 0.407 e. The lowest BCUT2D eigenvalue weighted by atomic mass is 9.44. The third-order valence-electron chi connectivity index (χ3n) is 16.1. The van der Waals surface area contributed by atoms with E-state index in [-0.39, 0.29) is 30.6 Å². The predicted octanol–water partition coefficient (Wildman–Crippen LogP) is 11.3. The van der Waals surface area contributed by atoms with Crippen molar-refractivity contribution in [3.8, 4) is 11.1 Å². The van der Waals surface area contributed by atoms with Crippen LogP contribution in [0.2, 0.25) is 0 Å². The van der Waals surface area contributed by atoms with Gasteiger partial charge in [-0.05, 0) is 152 Å². The molecule has 2 aromatic rings. The van der Waals surface area contributed by atoms with Crippen LogP contribution in [0, 0.1) is 52.3 Å². The minimum Gasteiger partial charge on any atom is -0.449 e. The van der Waals surface area contributed by atoms with E-state index in [0.717, 1.165) is 73.5 Å². The predicted molar refractivity (Wildman–Crippen MR) is 223 cm³/mol. The van der Waals surface area contributed by atoms with Gasteiger partial charge in [-0.15, -0.1) is 0 Å². The molecule has 6 nitrogen and oxygen atoms in total. The Balaban J connectivity index is 0.759. The maximum atomic E-state index is 12.7. The molecule has 0 spiro atoms. The number of rotatable bonds is 16. The molecule has 6 heteroatoms. The van der Waals surface area contributed by atoms with Crippen molar-refractivity contribution in [1.82, 2.24) is 10.6 Å². The first-order chi connectivity index (χ1) is 26.6. The molecule has 5 aliphatic carbocycles. The Hall–Kier alpha value is -2.86. The lowest BCUT2D eigenvalue weighted by Crippen LogP contribution is -2.54. The first kappa shape index (κ1) is 40.3. The Morgan fingerprint density at radius 2 is 1.42 bits per heavy atom. The van der Waals surface area contributed by atoms with Crippen molar-refractivity contribution in [2.24, 2.45) is 52.3 Å². The lowest BCUT2D eigenvalue weighted by molar-refractivity contribution is -0.144. The second-order valence-electron chi connectivity index (χ2n) is 19.6. The van der Waals surface area contributed by atoms with Gasteiger partial charge < -0.3 is 20.1 Å². The number of hydrogen-bond acceptors (Lipinski definition) is 4. The standard InChI is InChI=1S/C49H72N2O4/c1-33(2)14-13-15-34(3)43-22-23-44-41-21-20-35-30-36(24-26-48(35,4)45(41)25-27-49(43,44)5)54-32-46(52)50-28-11-6-12-29-51-47(53)55-31-42-39-18-9-7-16-37(39)38-17-8-10-19-40(38)42/h7-10,16-19,33-36,41-45H,6,11-15,20-32H2,1-5H3,(H,50,52)(H,51,53)/t34-,35?,36?,41?,43?,44?,45?,48?,49?/m1/s1. The van der Waals surface area contributed by atoms with Gasteiger partial charge in [0.25, 0.3) is 0 Å². The van der Waals surface area contributed by atoms with Gasteiger partial charge in [0, 0.05) is 19.0 Å². The monoisotopic (exact) mass is 753 g/mol. The highest BCUT2D eigenvalue weighted by Gasteiger charge is 2.60. The van der Waals surface area contributed by atoms with Gasteiger partial charge >= 0.3 is 6.09 Å². The zero-order valence-electron chi connectivity index (χ0n) is 34.9. The van der Waals surface area contributed by atoms with Gasteiger partial charge in [0.1, 0.15) is 13.2 Å². The smallest absolute Gasteiger partial charge is 0.407 e. The van der Waals surface area contributed by atoms with Crippen LogP contribution in [0.3, 0.4) is 0 Å². The Morgan fingerprint density at radius 3 is 2.15 bits per heavy atom. The Bertz CT molecular complexity index is 1560. The van der Waals surface area contributed by atoms with Gasteiger partial charge in [-0.3, -0.25) is 4.79 Å². The van der Waals surface area contributed by atoms with Gasteiger partial charge in [-0.1, -0.05) is 102 Å². The highest BCUT2D eigenvalue weighted by Crippen LogP contribution is 2.68. The molecule has 7 rings (SSSR count). The fourth-order valence-corrected chi connectivity index (χ4v) is 13.1. The largest absolute Gasteiger partial charge is 0.449 e. The summed E-state index contributed by atoms with van der Waals surface area (Å²) in [4.78, 5) is 25.2. The molecule has 9 atom stereocenters. The molecular formula is C49H72N2O4. The zero-order chi connectivity index (χ0) is 38.6. The molecule has 2 N–H and O–H groups in total. The van der Waals surface area contributed by atoms with E-state index in [1.807, 2.05) is 12.1 Å². The molecule has 0 aliphatic heterocycles. The number of benzene rings is 2. The van der Waals surface area contributed by atoms with Crippen LogP contribution in [0.1, 0.15) is 148 Å². The van der Waals surface area contributed by atoms with Crippen molar-refractivity contribution in [2.45, 2.75) is 143 Å². The number of fused-ring (bicyclic) bond motifs is 8. The summed E-state index contributed by atoms with van der Waals surface area (Å²) in [5, 5.41) is 5.97. The van der Waals surface area contributed by atoms with Crippen molar-refractivity contribution in [3.63, 3.8) is 0 Å². The summed E-state index contributed by atoms with van der Waals surface area (Å²) < 4.78 is 12.0. The summed E-state index contributed by atoms with van der Waals surface area (Å²) in [7, 11) is 0. The molecule has 302 valence electrons. The zero-order valence-corrected chi connectivity index (χ0v) is 34.9. The van der Waals surface area contributed by atoms with Crippen molar-refractivity contribution in [2.75, 3.05) is 26.3 Å². The van der Waals surface area contributed by atoms with Crippen molar-refractivity contribution >= 4 is 12.0 Å². The Kier molecular flexibility index (Phi) is 13.0. The van der Waals surface area contributed by atoms with Crippen LogP contribution < -0.4 is 10.6 Å². The second-order valence-corrected chi connectivity index (χ2v) is 19.6. The first-order valence-corrected chi connectivity index (χ1v) is 22.6. The van der Waals surface area contributed by atoms with E-state index in [9.17, 15) is 9.59 Å². The third kappa shape index (κ3) is 8.70. The van der Waals surface area contributed by atoms with Gasteiger partial charge in [0.15, 0.2) is 0 Å². The molecule has 8 unspecified atom stereocenters. The molecular weight excluding hydrogens is 681 g/mol. The summed E-state index contributed by atoms with van der Waals surface area (Å²) in [5.41, 5.74) is 5.88. The van der Waals surface area contributed by atoms with E-state index in [4.69, 9.17) is 9.47 Å². The van der Waals surface area contributed by atoms with Gasteiger partial charge in [0.2, 0.25) is 5.91 Å². The van der Waals surface area contributed by atoms with E-state index in [2.05, 4.69) is 81.7 Å². The Morgan fingerprint density at radius 1 is 0.745 bits per heavy atom. The molecule has 2 aromatic carbocycles. The van der Waals surface area contributed by atoms with Crippen LogP contribution in [0.5, 0.6) is 0 Å². The van der Waals surface area contributed by atoms with Crippen LogP contribution >= 0.6 is 0 Å². The summed E-state index contributed by atoms with van der Waals surface area (Å²) in [6.45, 7) is 14.4. The molecule has 0 radical (unpaired) electrons. The normalized spacial score (nSPS) is 31.5. The van der Waals surface area contributed by atoms with Crippen LogP contribution in [0.25, 0.3) is 11.1 Å². The average molecular weight is 753 g/mol. The van der Waals surface area contributed by atoms with E-state index in [1.54, 1.807) is 0 Å². The van der Waals surface area contributed by atoms with Crippen LogP contribution in [-0.2, 0) is 14.3 Å². The molecule has 0 bridgehead atoms.